The summed E-state index contributed by atoms with van der Waals surface area (Å²) in [7, 11) is 0. The van der Waals surface area contributed by atoms with E-state index in [1.807, 2.05) is 79.7 Å². The van der Waals surface area contributed by atoms with Crippen LogP contribution in [0, 0.1) is 6.92 Å². The van der Waals surface area contributed by atoms with Gasteiger partial charge in [0.25, 0.3) is 11.8 Å². The highest BCUT2D eigenvalue weighted by molar-refractivity contribution is 6.11. The zero-order valence-corrected chi connectivity index (χ0v) is 17.1. The third kappa shape index (κ3) is 4.87. The van der Waals surface area contributed by atoms with Crippen LogP contribution < -0.4 is 10.6 Å². The van der Waals surface area contributed by atoms with E-state index in [4.69, 9.17) is 0 Å². The van der Waals surface area contributed by atoms with Crippen molar-refractivity contribution in [3.8, 4) is 0 Å². The summed E-state index contributed by atoms with van der Waals surface area (Å²) in [5, 5.41) is 7.72. The number of carbonyl (C=O) groups excluding carboxylic acids is 2. The molecule has 2 amide bonds. The van der Waals surface area contributed by atoms with Crippen LogP contribution in [0.2, 0.25) is 0 Å². The molecule has 31 heavy (non-hydrogen) atoms. The summed E-state index contributed by atoms with van der Waals surface area (Å²) < 4.78 is 0. The van der Waals surface area contributed by atoms with E-state index in [2.05, 4.69) is 10.6 Å². The van der Waals surface area contributed by atoms with Crippen LogP contribution in [0.1, 0.15) is 21.5 Å². The van der Waals surface area contributed by atoms with Gasteiger partial charge in [0.15, 0.2) is 0 Å². The Morgan fingerprint density at radius 3 is 2.19 bits per heavy atom. The lowest BCUT2D eigenvalue weighted by Crippen LogP contribution is -2.30. The Kier molecular flexibility index (Phi) is 5.90. The molecule has 0 atom stereocenters. The molecular weight excluding hydrogens is 384 g/mol. The number of nitrogens with one attached hydrogen (secondary N) is 2. The lowest BCUT2D eigenvalue weighted by atomic mass is 10.0. The highest BCUT2D eigenvalue weighted by Crippen LogP contribution is 2.21. The number of anilines is 1. The molecule has 0 aliphatic rings. The molecule has 0 radical (unpaired) electrons. The highest BCUT2D eigenvalue weighted by Gasteiger charge is 2.15. The lowest BCUT2D eigenvalue weighted by molar-refractivity contribution is -0.113. The van der Waals surface area contributed by atoms with Crippen molar-refractivity contribution in [1.82, 2.24) is 5.32 Å². The zero-order chi connectivity index (χ0) is 21.6. The fraction of sp³-hybridized carbons (Fsp3) is 0.0370. The van der Waals surface area contributed by atoms with E-state index in [0.717, 1.165) is 21.9 Å². The first kappa shape index (κ1) is 20.1. The van der Waals surface area contributed by atoms with Crippen molar-refractivity contribution in [1.29, 1.82) is 0 Å². The molecule has 2 N–H and O–H groups in total. The molecule has 4 aromatic carbocycles. The predicted molar refractivity (Wildman–Crippen MR) is 126 cm³/mol. The van der Waals surface area contributed by atoms with E-state index in [0.29, 0.717) is 11.3 Å². The van der Waals surface area contributed by atoms with Crippen molar-refractivity contribution >= 4 is 34.4 Å². The average Bonchev–Trinajstić information content (AvgIpc) is 2.81. The summed E-state index contributed by atoms with van der Waals surface area (Å²) in [5.74, 6) is -0.729. The molecule has 0 aliphatic heterocycles. The molecule has 4 aromatic rings. The first-order chi connectivity index (χ1) is 15.1. The molecule has 152 valence electrons. The third-order valence-corrected chi connectivity index (χ3v) is 4.96. The Morgan fingerprint density at radius 1 is 0.742 bits per heavy atom. The van der Waals surface area contributed by atoms with Gasteiger partial charge < -0.3 is 10.6 Å². The largest absolute Gasteiger partial charge is 0.321 e. The van der Waals surface area contributed by atoms with Gasteiger partial charge in [-0.2, -0.15) is 0 Å². The van der Waals surface area contributed by atoms with Gasteiger partial charge in [-0.1, -0.05) is 78.4 Å². The molecule has 0 aromatic heterocycles. The van der Waals surface area contributed by atoms with Crippen LogP contribution in [-0.2, 0) is 4.79 Å². The number of aryl methyl sites for hydroxylation is 1. The van der Waals surface area contributed by atoms with Gasteiger partial charge in [-0.25, -0.2) is 0 Å². The molecule has 0 heterocycles. The Morgan fingerprint density at radius 2 is 1.42 bits per heavy atom. The minimum absolute atomic E-state index is 0.172. The maximum atomic E-state index is 13.1. The van der Waals surface area contributed by atoms with Crippen molar-refractivity contribution in [3.05, 3.63) is 119 Å². The van der Waals surface area contributed by atoms with Crippen LogP contribution in [0.5, 0.6) is 0 Å². The second kappa shape index (κ2) is 9.09. The summed E-state index contributed by atoms with van der Waals surface area (Å²) in [6, 6.07) is 30.2. The lowest BCUT2D eigenvalue weighted by Gasteiger charge is -2.12. The minimum atomic E-state index is -0.388. The Labute approximate surface area is 181 Å². The monoisotopic (exact) mass is 406 g/mol. The number of hydrogen-bond donors (Lipinski definition) is 2. The average molecular weight is 406 g/mol. The van der Waals surface area contributed by atoms with Gasteiger partial charge in [0.05, 0.1) is 0 Å². The van der Waals surface area contributed by atoms with Gasteiger partial charge in [0.2, 0.25) is 0 Å². The maximum absolute atomic E-state index is 13.1. The van der Waals surface area contributed by atoms with Gasteiger partial charge in [0.1, 0.15) is 5.70 Å². The molecule has 4 rings (SSSR count). The predicted octanol–water partition coefficient (Wildman–Crippen LogP) is 5.56. The van der Waals surface area contributed by atoms with Crippen molar-refractivity contribution in [2.75, 3.05) is 5.32 Å². The quantitative estimate of drug-likeness (QED) is 0.427. The number of hydrogen-bond acceptors (Lipinski definition) is 2. The highest BCUT2D eigenvalue weighted by atomic mass is 16.2. The third-order valence-electron chi connectivity index (χ3n) is 4.96. The van der Waals surface area contributed by atoms with E-state index in [-0.39, 0.29) is 17.5 Å². The molecule has 0 aliphatic carbocycles. The topological polar surface area (TPSA) is 58.2 Å². The molecule has 0 unspecified atom stereocenters. The van der Waals surface area contributed by atoms with Crippen LogP contribution >= 0.6 is 0 Å². The summed E-state index contributed by atoms with van der Waals surface area (Å²) in [6.45, 7) is 1.98. The van der Waals surface area contributed by atoms with Gasteiger partial charge in [-0.05, 0) is 53.6 Å². The van der Waals surface area contributed by atoms with Crippen molar-refractivity contribution < 1.29 is 9.59 Å². The minimum Gasteiger partial charge on any atom is -0.321 e. The van der Waals surface area contributed by atoms with Gasteiger partial charge in [-0.3, -0.25) is 9.59 Å². The molecule has 0 saturated carbocycles. The van der Waals surface area contributed by atoms with Crippen molar-refractivity contribution in [2.45, 2.75) is 6.92 Å². The maximum Gasteiger partial charge on any atom is 0.272 e. The van der Waals surface area contributed by atoms with Crippen LogP contribution in [0.4, 0.5) is 5.69 Å². The van der Waals surface area contributed by atoms with Crippen molar-refractivity contribution in [2.24, 2.45) is 0 Å². The SMILES string of the molecule is Cc1ccc(NC(=O)/C(=C\c2cccc3ccccc23)NC(=O)c2ccccc2)cc1. The summed E-state index contributed by atoms with van der Waals surface area (Å²) in [4.78, 5) is 25.9. The normalized spacial score (nSPS) is 11.2. The number of amides is 2. The first-order valence-corrected chi connectivity index (χ1v) is 10.0. The molecule has 4 nitrogen and oxygen atoms in total. The molecule has 0 saturated heterocycles. The number of rotatable bonds is 5. The molecule has 4 heteroatoms. The van der Waals surface area contributed by atoms with E-state index in [9.17, 15) is 9.59 Å². The van der Waals surface area contributed by atoms with E-state index in [1.165, 1.54) is 0 Å². The fourth-order valence-corrected chi connectivity index (χ4v) is 3.31. The number of benzene rings is 4. The van der Waals surface area contributed by atoms with Crippen LogP contribution in [0.25, 0.3) is 16.8 Å². The standard InChI is InChI=1S/C27H22N2O2/c1-19-14-16-23(17-15-19)28-27(31)25(29-26(30)21-9-3-2-4-10-21)18-22-12-7-11-20-8-5-6-13-24(20)22/h2-18H,1H3,(H,28,31)(H,29,30)/b25-18+. The summed E-state index contributed by atoms with van der Waals surface area (Å²) in [6.07, 6.45) is 1.71. The zero-order valence-electron chi connectivity index (χ0n) is 17.1. The van der Waals surface area contributed by atoms with E-state index >= 15 is 0 Å². The second-order valence-corrected chi connectivity index (χ2v) is 7.27. The van der Waals surface area contributed by atoms with Crippen LogP contribution in [0.3, 0.4) is 0 Å². The molecule has 0 spiro atoms. The van der Waals surface area contributed by atoms with Gasteiger partial charge in [0, 0.05) is 11.3 Å². The molecule has 0 bridgehead atoms. The van der Waals surface area contributed by atoms with Crippen LogP contribution in [-0.4, -0.2) is 11.8 Å². The Bertz CT molecular complexity index is 1250. The first-order valence-electron chi connectivity index (χ1n) is 10.0. The van der Waals surface area contributed by atoms with E-state index in [1.54, 1.807) is 30.3 Å². The van der Waals surface area contributed by atoms with Crippen molar-refractivity contribution in [3.63, 3.8) is 0 Å². The van der Waals surface area contributed by atoms with E-state index < -0.39 is 0 Å². The summed E-state index contributed by atoms with van der Waals surface area (Å²) >= 11 is 0. The fourth-order valence-electron chi connectivity index (χ4n) is 3.31. The Balaban J connectivity index is 1.70. The van der Waals surface area contributed by atoms with Gasteiger partial charge >= 0.3 is 0 Å². The van der Waals surface area contributed by atoms with Gasteiger partial charge in [-0.15, -0.1) is 0 Å². The summed E-state index contributed by atoms with van der Waals surface area (Å²) in [5.41, 5.74) is 3.26. The number of carbonyl (C=O) groups is 2. The molecular formula is C27H22N2O2. The van der Waals surface area contributed by atoms with Crippen LogP contribution in [0.15, 0.2) is 103 Å². The number of fused-ring (bicyclic) bond motifs is 1. The smallest absolute Gasteiger partial charge is 0.272 e. The Hall–Kier alpha value is -4.18. The second-order valence-electron chi connectivity index (χ2n) is 7.27. The molecule has 0 fully saturated rings.